The first-order chi connectivity index (χ1) is 7.56. The molecule has 1 unspecified atom stereocenters. The summed E-state index contributed by atoms with van der Waals surface area (Å²) in [5, 5.41) is 2.80. The molecule has 0 spiro atoms. The predicted octanol–water partition coefficient (Wildman–Crippen LogP) is 1.16. The van der Waals surface area contributed by atoms with Crippen molar-refractivity contribution in [2.45, 2.75) is 46.1 Å². The van der Waals surface area contributed by atoms with E-state index in [-0.39, 0.29) is 17.9 Å². The Kier molecular flexibility index (Phi) is 4.77. The van der Waals surface area contributed by atoms with Crippen molar-refractivity contribution in [3.05, 3.63) is 0 Å². The van der Waals surface area contributed by atoms with Crippen molar-refractivity contribution in [3.63, 3.8) is 0 Å². The summed E-state index contributed by atoms with van der Waals surface area (Å²) < 4.78 is 0. The zero-order valence-corrected chi connectivity index (χ0v) is 10.5. The van der Waals surface area contributed by atoms with Crippen LogP contribution in [-0.4, -0.2) is 35.8 Å². The fourth-order valence-corrected chi connectivity index (χ4v) is 1.97. The molecule has 4 nitrogen and oxygen atoms in total. The highest BCUT2D eigenvalue weighted by Gasteiger charge is 2.30. The van der Waals surface area contributed by atoms with Crippen molar-refractivity contribution in [1.29, 1.82) is 0 Å². The van der Waals surface area contributed by atoms with Crippen LogP contribution in [0.4, 0.5) is 0 Å². The Morgan fingerprint density at radius 3 is 2.81 bits per heavy atom. The molecule has 0 aromatic heterocycles. The van der Waals surface area contributed by atoms with Gasteiger partial charge in [0.05, 0.1) is 0 Å². The summed E-state index contributed by atoms with van der Waals surface area (Å²) in [4.78, 5) is 25.3. The monoisotopic (exact) mass is 226 g/mol. The van der Waals surface area contributed by atoms with Gasteiger partial charge in [0.15, 0.2) is 0 Å². The van der Waals surface area contributed by atoms with Crippen LogP contribution in [0.5, 0.6) is 0 Å². The molecule has 1 fully saturated rings. The van der Waals surface area contributed by atoms with Crippen LogP contribution in [0, 0.1) is 5.92 Å². The van der Waals surface area contributed by atoms with Gasteiger partial charge in [0.2, 0.25) is 11.8 Å². The molecule has 92 valence electrons. The summed E-state index contributed by atoms with van der Waals surface area (Å²) in [6.45, 7) is 7.39. The van der Waals surface area contributed by atoms with Crippen LogP contribution in [-0.2, 0) is 9.59 Å². The van der Waals surface area contributed by atoms with E-state index in [1.54, 1.807) is 4.90 Å². The lowest BCUT2D eigenvalue weighted by atomic mass is 10.1. The Labute approximate surface area is 97.4 Å². The zero-order chi connectivity index (χ0) is 12.1. The average Bonchev–Trinajstić information content (AvgIpc) is 2.25. The molecule has 1 rings (SSSR count). The zero-order valence-electron chi connectivity index (χ0n) is 10.5. The lowest BCUT2D eigenvalue weighted by Gasteiger charge is -2.34. The molecule has 0 aromatic carbocycles. The molecular formula is C12H22N2O2. The molecule has 0 aromatic rings. The fraction of sp³-hybridized carbons (Fsp3) is 0.833. The van der Waals surface area contributed by atoms with Crippen LogP contribution in [0.2, 0.25) is 0 Å². The van der Waals surface area contributed by atoms with Crippen molar-refractivity contribution >= 4 is 11.8 Å². The van der Waals surface area contributed by atoms with Crippen molar-refractivity contribution < 1.29 is 9.59 Å². The molecule has 0 bridgehead atoms. The summed E-state index contributed by atoms with van der Waals surface area (Å²) in [6.07, 6.45) is 2.15. The SMILES string of the molecule is CCC1C(=O)NCCN1C(=O)CCC(C)C. The second-order valence-electron chi connectivity index (χ2n) is 4.73. The second kappa shape index (κ2) is 5.87. The number of piperazine rings is 1. The largest absolute Gasteiger partial charge is 0.353 e. The van der Waals surface area contributed by atoms with Gasteiger partial charge in [-0.05, 0) is 18.8 Å². The average molecular weight is 226 g/mol. The molecule has 4 heteroatoms. The van der Waals surface area contributed by atoms with Crippen LogP contribution < -0.4 is 5.32 Å². The summed E-state index contributed by atoms with van der Waals surface area (Å²) in [7, 11) is 0. The number of hydrogen-bond acceptors (Lipinski definition) is 2. The molecule has 1 saturated heterocycles. The minimum Gasteiger partial charge on any atom is -0.353 e. The first-order valence-corrected chi connectivity index (χ1v) is 6.13. The second-order valence-corrected chi connectivity index (χ2v) is 4.73. The number of rotatable bonds is 4. The van der Waals surface area contributed by atoms with Gasteiger partial charge in [0.25, 0.3) is 0 Å². The third kappa shape index (κ3) is 3.22. The van der Waals surface area contributed by atoms with Crippen LogP contribution in [0.3, 0.4) is 0 Å². The van der Waals surface area contributed by atoms with E-state index in [1.165, 1.54) is 0 Å². The topological polar surface area (TPSA) is 49.4 Å². The van der Waals surface area contributed by atoms with Gasteiger partial charge >= 0.3 is 0 Å². The first-order valence-electron chi connectivity index (χ1n) is 6.13. The van der Waals surface area contributed by atoms with Gasteiger partial charge < -0.3 is 10.2 Å². The maximum Gasteiger partial charge on any atom is 0.242 e. The standard InChI is InChI=1S/C12H22N2O2/c1-4-10-12(16)13-7-8-14(10)11(15)6-5-9(2)3/h9-10H,4-8H2,1-3H3,(H,13,16). The molecular weight excluding hydrogens is 204 g/mol. The van der Waals surface area contributed by atoms with Crippen LogP contribution >= 0.6 is 0 Å². The lowest BCUT2D eigenvalue weighted by Crippen LogP contribution is -2.56. The van der Waals surface area contributed by atoms with Crippen molar-refractivity contribution in [2.75, 3.05) is 13.1 Å². The number of hydrogen-bond donors (Lipinski definition) is 1. The van der Waals surface area contributed by atoms with Crippen molar-refractivity contribution in [2.24, 2.45) is 5.92 Å². The Hall–Kier alpha value is -1.06. The predicted molar refractivity (Wildman–Crippen MR) is 62.9 cm³/mol. The van der Waals surface area contributed by atoms with E-state index in [0.29, 0.717) is 31.8 Å². The molecule has 1 atom stereocenters. The number of carbonyl (C=O) groups excluding carboxylic acids is 2. The summed E-state index contributed by atoms with van der Waals surface area (Å²) in [6, 6.07) is -0.256. The van der Waals surface area contributed by atoms with E-state index in [4.69, 9.17) is 0 Å². The van der Waals surface area contributed by atoms with Gasteiger partial charge in [0, 0.05) is 19.5 Å². The van der Waals surface area contributed by atoms with Crippen molar-refractivity contribution in [1.82, 2.24) is 10.2 Å². The minimum absolute atomic E-state index is 0.00773. The highest BCUT2D eigenvalue weighted by atomic mass is 16.2. The normalized spacial score (nSPS) is 21.1. The Bertz CT molecular complexity index is 264. The molecule has 0 aliphatic carbocycles. The molecule has 0 saturated carbocycles. The number of carbonyl (C=O) groups is 2. The highest BCUT2D eigenvalue weighted by Crippen LogP contribution is 2.13. The third-order valence-corrected chi connectivity index (χ3v) is 2.97. The summed E-state index contributed by atoms with van der Waals surface area (Å²) in [5.74, 6) is 0.643. The maximum atomic E-state index is 12.0. The smallest absolute Gasteiger partial charge is 0.242 e. The number of amides is 2. The molecule has 1 aliphatic heterocycles. The van der Waals surface area contributed by atoms with E-state index in [0.717, 1.165) is 6.42 Å². The quantitative estimate of drug-likeness (QED) is 0.782. The van der Waals surface area contributed by atoms with Gasteiger partial charge in [-0.3, -0.25) is 9.59 Å². The van der Waals surface area contributed by atoms with E-state index < -0.39 is 0 Å². The molecule has 0 radical (unpaired) electrons. The Balaban J connectivity index is 2.55. The van der Waals surface area contributed by atoms with Gasteiger partial charge in [-0.1, -0.05) is 20.8 Å². The van der Waals surface area contributed by atoms with Gasteiger partial charge in [0.1, 0.15) is 6.04 Å². The Morgan fingerprint density at radius 2 is 2.25 bits per heavy atom. The van der Waals surface area contributed by atoms with E-state index >= 15 is 0 Å². The Morgan fingerprint density at radius 1 is 1.56 bits per heavy atom. The molecule has 1 aliphatic rings. The summed E-state index contributed by atoms with van der Waals surface area (Å²) >= 11 is 0. The number of nitrogens with zero attached hydrogens (tertiary/aromatic N) is 1. The maximum absolute atomic E-state index is 12.0. The molecule has 16 heavy (non-hydrogen) atoms. The fourth-order valence-electron chi connectivity index (χ4n) is 1.97. The molecule has 2 amide bonds. The third-order valence-electron chi connectivity index (χ3n) is 2.97. The van der Waals surface area contributed by atoms with Crippen LogP contribution in [0.15, 0.2) is 0 Å². The van der Waals surface area contributed by atoms with Gasteiger partial charge in [-0.2, -0.15) is 0 Å². The van der Waals surface area contributed by atoms with E-state index in [9.17, 15) is 9.59 Å². The van der Waals surface area contributed by atoms with Crippen LogP contribution in [0.1, 0.15) is 40.0 Å². The van der Waals surface area contributed by atoms with Crippen LogP contribution in [0.25, 0.3) is 0 Å². The van der Waals surface area contributed by atoms with Crippen molar-refractivity contribution in [3.8, 4) is 0 Å². The summed E-state index contributed by atoms with van der Waals surface area (Å²) in [5.41, 5.74) is 0. The van der Waals surface area contributed by atoms with Gasteiger partial charge in [-0.25, -0.2) is 0 Å². The molecule has 1 heterocycles. The van der Waals surface area contributed by atoms with E-state index in [1.807, 2.05) is 6.92 Å². The minimum atomic E-state index is -0.256. The highest BCUT2D eigenvalue weighted by molar-refractivity contribution is 5.88. The van der Waals surface area contributed by atoms with E-state index in [2.05, 4.69) is 19.2 Å². The first kappa shape index (κ1) is 13.0. The van der Waals surface area contributed by atoms with Gasteiger partial charge in [-0.15, -0.1) is 0 Å². The number of nitrogens with one attached hydrogen (secondary N) is 1. The lowest BCUT2D eigenvalue weighted by molar-refractivity contribution is -0.143. The molecule has 1 N–H and O–H groups in total.